The number of carbonyl (C=O) groups excluding carboxylic acids is 2. The largest absolute Gasteiger partial charge is 0.381 e. The van der Waals surface area contributed by atoms with Crippen LogP contribution in [0.4, 0.5) is 0 Å². The van der Waals surface area contributed by atoms with E-state index in [1.165, 1.54) is 0 Å². The Bertz CT molecular complexity index is 501. The molecule has 0 aliphatic carbocycles. The molecule has 1 aromatic carbocycles. The zero-order valence-electron chi connectivity index (χ0n) is 11.0. The second-order valence-corrected chi connectivity index (χ2v) is 6.10. The molecule has 1 aliphatic rings. The SMILES string of the molecule is NC(=O)[C@@H](Cc1cccc(I)c1)NC(=O)[C@@H]1CCOC1. The average molecular weight is 388 g/mol. The summed E-state index contributed by atoms with van der Waals surface area (Å²) in [5, 5.41) is 2.73. The quantitative estimate of drug-likeness (QED) is 0.734. The lowest BCUT2D eigenvalue weighted by molar-refractivity contribution is -0.129. The molecule has 2 amide bonds. The van der Waals surface area contributed by atoms with Crippen molar-refractivity contribution in [3.8, 4) is 0 Å². The fourth-order valence-electron chi connectivity index (χ4n) is 2.15. The first-order valence-corrected chi connectivity index (χ1v) is 7.56. The highest BCUT2D eigenvalue weighted by molar-refractivity contribution is 14.1. The normalized spacial score (nSPS) is 19.6. The summed E-state index contributed by atoms with van der Waals surface area (Å²) in [6, 6.07) is 7.10. The number of nitrogens with one attached hydrogen (secondary N) is 1. The van der Waals surface area contributed by atoms with Gasteiger partial charge in [0.1, 0.15) is 6.04 Å². The van der Waals surface area contributed by atoms with Crippen LogP contribution in [0.25, 0.3) is 0 Å². The first kappa shape index (κ1) is 15.2. The zero-order valence-corrected chi connectivity index (χ0v) is 13.1. The number of halogens is 1. The minimum atomic E-state index is -0.679. The molecular weight excluding hydrogens is 371 g/mol. The predicted molar refractivity (Wildman–Crippen MR) is 82.9 cm³/mol. The van der Waals surface area contributed by atoms with Gasteiger partial charge in [-0.1, -0.05) is 12.1 Å². The van der Waals surface area contributed by atoms with Crippen LogP contribution in [0.3, 0.4) is 0 Å². The third kappa shape index (κ3) is 4.17. The van der Waals surface area contributed by atoms with E-state index < -0.39 is 11.9 Å². The topological polar surface area (TPSA) is 81.4 Å². The Kier molecular flexibility index (Phi) is 5.36. The number of ether oxygens (including phenoxy) is 1. The van der Waals surface area contributed by atoms with Crippen LogP contribution >= 0.6 is 22.6 Å². The van der Waals surface area contributed by atoms with E-state index in [2.05, 4.69) is 27.9 Å². The maximum absolute atomic E-state index is 12.0. The smallest absolute Gasteiger partial charge is 0.240 e. The fourth-order valence-corrected chi connectivity index (χ4v) is 2.76. The standard InChI is InChI=1S/C14H17IN2O3/c15-11-3-1-2-9(6-11)7-12(13(16)18)17-14(19)10-4-5-20-8-10/h1-3,6,10,12H,4-5,7-8H2,(H2,16,18)(H,17,19)/t10-,12-/m1/s1. The maximum Gasteiger partial charge on any atom is 0.240 e. The number of rotatable bonds is 5. The Balaban J connectivity index is 2.00. The van der Waals surface area contributed by atoms with E-state index in [-0.39, 0.29) is 11.8 Å². The van der Waals surface area contributed by atoms with Crippen LogP contribution in [0.15, 0.2) is 24.3 Å². The molecule has 1 aliphatic heterocycles. The Labute approximate surface area is 131 Å². The summed E-state index contributed by atoms with van der Waals surface area (Å²) < 4.78 is 6.26. The van der Waals surface area contributed by atoms with Gasteiger partial charge in [0.15, 0.2) is 0 Å². The molecule has 2 atom stereocenters. The molecule has 1 aromatic rings. The van der Waals surface area contributed by atoms with E-state index in [9.17, 15) is 9.59 Å². The molecule has 1 fully saturated rings. The molecule has 20 heavy (non-hydrogen) atoms. The Morgan fingerprint density at radius 1 is 1.50 bits per heavy atom. The molecule has 2 rings (SSSR count). The van der Waals surface area contributed by atoms with Crippen molar-refractivity contribution >= 4 is 34.4 Å². The van der Waals surface area contributed by atoms with Gasteiger partial charge in [0.2, 0.25) is 11.8 Å². The van der Waals surface area contributed by atoms with Crippen molar-refractivity contribution in [1.82, 2.24) is 5.32 Å². The van der Waals surface area contributed by atoms with Crippen molar-refractivity contribution in [2.45, 2.75) is 18.9 Å². The maximum atomic E-state index is 12.0. The van der Waals surface area contributed by atoms with Crippen LogP contribution < -0.4 is 11.1 Å². The Hall–Kier alpha value is -1.15. The molecule has 0 radical (unpaired) electrons. The van der Waals surface area contributed by atoms with Crippen molar-refractivity contribution in [2.75, 3.05) is 13.2 Å². The number of benzene rings is 1. The predicted octanol–water partition coefficient (Wildman–Crippen LogP) is 0.840. The third-order valence-corrected chi connectivity index (χ3v) is 3.96. The average Bonchev–Trinajstić information content (AvgIpc) is 2.91. The van der Waals surface area contributed by atoms with Gasteiger partial charge in [-0.15, -0.1) is 0 Å². The van der Waals surface area contributed by atoms with E-state index in [0.29, 0.717) is 26.1 Å². The first-order valence-electron chi connectivity index (χ1n) is 6.48. The molecule has 3 N–H and O–H groups in total. The molecule has 0 bridgehead atoms. The molecule has 6 heteroatoms. The zero-order chi connectivity index (χ0) is 14.5. The van der Waals surface area contributed by atoms with Crippen molar-refractivity contribution < 1.29 is 14.3 Å². The second-order valence-electron chi connectivity index (χ2n) is 4.86. The first-order chi connectivity index (χ1) is 9.56. The molecule has 5 nitrogen and oxygen atoms in total. The number of hydrogen-bond acceptors (Lipinski definition) is 3. The van der Waals surface area contributed by atoms with E-state index in [1.54, 1.807) is 0 Å². The molecular formula is C14H17IN2O3. The fraction of sp³-hybridized carbons (Fsp3) is 0.429. The summed E-state index contributed by atoms with van der Waals surface area (Å²) in [5.41, 5.74) is 6.36. The van der Waals surface area contributed by atoms with Gasteiger partial charge in [-0.3, -0.25) is 9.59 Å². The van der Waals surface area contributed by atoms with Gasteiger partial charge in [0.05, 0.1) is 12.5 Å². The summed E-state index contributed by atoms with van der Waals surface area (Å²) >= 11 is 2.21. The number of primary amides is 1. The van der Waals surface area contributed by atoms with Crippen LogP contribution in [-0.4, -0.2) is 31.1 Å². The number of nitrogens with two attached hydrogens (primary N) is 1. The van der Waals surface area contributed by atoms with E-state index in [4.69, 9.17) is 10.5 Å². The Morgan fingerprint density at radius 3 is 2.90 bits per heavy atom. The highest BCUT2D eigenvalue weighted by Gasteiger charge is 2.27. The highest BCUT2D eigenvalue weighted by Crippen LogP contribution is 2.14. The molecule has 0 aromatic heterocycles. The molecule has 1 saturated heterocycles. The van der Waals surface area contributed by atoms with Gasteiger partial charge in [0, 0.05) is 16.6 Å². The number of hydrogen-bond donors (Lipinski definition) is 2. The minimum Gasteiger partial charge on any atom is -0.381 e. The van der Waals surface area contributed by atoms with Crippen LogP contribution in [0.5, 0.6) is 0 Å². The van der Waals surface area contributed by atoms with Gasteiger partial charge in [0.25, 0.3) is 0 Å². The lowest BCUT2D eigenvalue weighted by Crippen LogP contribution is -2.48. The summed E-state index contributed by atoms with van der Waals surface area (Å²) in [7, 11) is 0. The van der Waals surface area contributed by atoms with Crippen LogP contribution in [-0.2, 0) is 20.7 Å². The third-order valence-electron chi connectivity index (χ3n) is 3.29. The minimum absolute atomic E-state index is 0.156. The molecule has 0 saturated carbocycles. The number of carbonyl (C=O) groups is 2. The molecule has 0 spiro atoms. The van der Waals surface area contributed by atoms with E-state index >= 15 is 0 Å². The molecule has 0 unspecified atom stereocenters. The van der Waals surface area contributed by atoms with Gasteiger partial charge in [-0.05, 0) is 46.7 Å². The van der Waals surface area contributed by atoms with Crippen molar-refractivity contribution in [2.24, 2.45) is 11.7 Å². The molecule has 1 heterocycles. The lowest BCUT2D eigenvalue weighted by Gasteiger charge is -2.17. The second kappa shape index (κ2) is 7.03. The Morgan fingerprint density at radius 2 is 2.30 bits per heavy atom. The van der Waals surface area contributed by atoms with Crippen LogP contribution in [0.2, 0.25) is 0 Å². The molecule has 108 valence electrons. The summed E-state index contributed by atoms with van der Waals surface area (Å²) in [6.07, 6.45) is 1.10. The lowest BCUT2D eigenvalue weighted by atomic mass is 10.0. The summed E-state index contributed by atoms with van der Waals surface area (Å²) in [4.78, 5) is 23.5. The summed E-state index contributed by atoms with van der Waals surface area (Å²) in [6.45, 7) is 1.01. The van der Waals surface area contributed by atoms with Gasteiger partial charge >= 0.3 is 0 Å². The van der Waals surface area contributed by atoms with E-state index in [0.717, 1.165) is 9.13 Å². The van der Waals surface area contributed by atoms with Crippen molar-refractivity contribution in [3.63, 3.8) is 0 Å². The van der Waals surface area contributed by atoms with E-state index in [1.807, 2.05) is 24.3 Å². The van der Waals surface area contributed by atoms with Gasteiger partial charge in [-0.25, -0.2) is 0 Å². The summed E-state index contributed by atoms with van der Waals surface area (Å²) in [5.74, 6) is -0.846. The van der Waals surface area contributed by atoms with Crippen LogP contribution in [0.1, 0.15) is 12.0 Å². The monoisotopic (exact) mass is 388 g/mol. The van der Waals surface area contributed by atoms with Gasteiger partial charge in [-0.2, -0.15) is 0 Å². The van der Waals surface area contributed by atoms with Gasteiger partial charge < -0.3 is 15.8 Å². The highest BCUT2D eigenvalue weighted by atomic mass is 127. The van der Waals surface area contributed by atoms with Crippen LogP contribution in [0, 0.1) is 9.49 Å². The van der Waals surface area contributed by atoms with Crippen molar-refractivity contribution in [1.29, 1.82) is 0 Å². The number of amides is 2. The van der Waals surface area contributed by atoms with Crippen molar-refractivity contribution in [3.05, 3.63) is 33.4 Å².